The molecule has 3 aromatic rings. The Hall–Kier alpha value is -1.62. The molecular formula is C20H24ClN5O2S2. The zero-order valence-electron chi connectivity index (χ0n) is 16.7. The lowest BCUT2D eigenvalue weighted by Crippen LogP contribution is -2.50. The second kappa shape index (κ2) is 9.25. The van der Waals surface area contributed by atoms with Gasteiger partial charge in [0.15, 0.2) is 4.47 Å². The van der Waals surface area contributed by atoms with Gasteiger partial charge in [-0.25, -0.2) is 18.1 Å². The van der Waals surface area contributed by atoms with Crippen LogP contribution in [0.1, 0.15) is 11.8 Å². The van der Waals surface area contributed by atoms with E-state index in [9.17, 15) is 8.42 Å². The molecule has 1 aliphatic heterocycles. The van der Waals surface area contributed by atoms with Crippen LogP contribution in [0, 0.1) is 0 Å². The largest absolute Gasteiger partial charge is 0.299 e. The van der Waals surface area contributed by atoms with Gasteiger partial charge in [-0.15, -0.1) is 11.3 Å². The average molecular weight is 466 g/mol. The molecule has 0 unspecified atom stereocenters. The molecule has 160 valence electrons. The van der Waals surface area contributed by atoms with E-state index >= 15 is 0 Å². The molecule has 30 heavy (non-hydrogen) atoms. The summed E-state index contributed by atoms with van der Waals surface area (Å²) in [5.74, 6) is 0. The highest BCUT2D eigenvalue weighted by atomic mass is 35.5. The van der Waals surface area contributed by atoms with Gasteiger partial charge in [-0.1, -0.05) is 23.7 Å². The van der Waals surface area contributed by atoms with Crippen LogP contribution in [0.2, 0.25) is 4.47 Å². The number of aromatic nitrogens is 2. The van der Waals surface area contributed by atoms with Crippen molar-refractivity contribution in [1.29, 1.82) is 0 Å². The Morgan fingerprint density at radius 1 is 1.17 bits per heavy atom. The van der Waals surface area contributed by atoms with Crippen LogP contribution in [0.5, 0.6) is 0 Å². The second-order valence-corrected chi connectivity index (χ2v) is 10.9. The Balaban J connectivity index is 1.33. The number of halogens is 1. The van der Waals surface area contributed by atoms with Crippen molar-refractivity contribution in [3.8, 4) is 0 Å². The number of fused-ring (bicyclic) bond motifs is 1. The number of nitrogens with zero attached hydrogens (tertiary/aromatic N) is 4. The van der Waals surface area contributed by atoms with E-state index in [4.69, 9.17) is 11.6 Å². The molecule has 0 saturated carbocycles. The fraction of sp³-hybridized carbons (Fsp3) is 0.400. The Morgan fingerprint density at radius 2 is 1.93 bits per heavy atom. The van der Waals surface area contributed by atoms with Gasteiger partial charge in [0.05, 0.1) is 4.90 Å². The molecule has 7 nitrogen and oxygen atoms in total. The summed E-state index contributed by atoms with van der Waals surface area (Å²) >= 11 is 7.43. The number of pyridine rings is 1. The minimum Gasteiger partial charge on any atom is -0.299 e. The monoisotopic (exact) mass is 465 g/mol. The van der Waals surface area contributed by atoms with Gasteiger partial charge in [-0.05, 0) is 19.1 Å². The van der Waals surface area contributed by atoms with Gasteiger partial charge in [0, 0.05) is 79.6 Å². The van der Waals surface area contributed by atoms with E-state index < -0.39 is 10.0 Å². The Bertz CT molecular complexity index is 1110. The maximum atomic E-state index is 13.0. The first-order valence-electron chi connectivity index (χ1n) is 9.81. The first kappa shape index (κ1) is 21.6. The van der Waals surface area contributed by atoms with E-state index in [1.165, 1.54) is 16.2 Å². The molecule has 0 radical (unpaired) electrons. The van der Waals surface area contributed by atoms with Gasteiger partial charge < -0.3 is 0 Å². The van der Waals surface area contributed by atoms with Crippen molar-refractivity contribution in [1.82, 2.24) is 24.5 Å². The minimum atomic E-state index is -3.62. The first-order chi connectivity index (χ1) is 14.4. The molecule has 1 aromatic carbocycles. The van der Waals surface area contributed by atoms with E-state index in [2.05, 4.69) is 24.5 Å². The molecule has 3 heterocycles. The SMILES string of the molecule is C[C@H](CN1CCN(Cc2cnc(Cl)s2)CC1)NS(=O)(=O)c1cccc2cnccc12. The van der Waals surface area contributed by atoms with Crippen LogP contribution in [0.15, 0.2) is 47.8 Å². The molecule has 1 fully saturated rings. The maximum absolute atomic E-state index is 13.0. The molecule has 0 bridgehead atoms. The van der Waals surface area contributed by atoms with Gasteiger partial charge >= 0.3 is 0 Å². The quantitative estimate of drug-likeness (QED) is 0.578. The standard InChI is InChI=1S/C20H24ClN5O2S2/c1-15(13-25-7-9-26(10-8-25)14-17-12-23-20(21)29-17)24-30(27,28)19-4-2-3-16-11-22-6-5-18(16)19/h2-6,11-12,15,24H,7-10,13-14H2,1H3/t15-/m1/s1. The third kappa shape index (κ3) is 5.16. The van der Waals surface area contributed by atoms with Crippen LogP contribution in [0.25, 0.3) is 10.8 Å². The van der Waals surface area contributed by atoms with Gasteiger partial charge in [0.1, 0.15) is 0 Å². The highest BCUT2D eigenvalue weighted by Gasteiger charge is 2.23. The molecule has 0 aliphatic carbocycles. The Morgan fingerprint density at radius 3 is 2.67 bits per heavy atom. The third-order valence-electron chi connectivity index (χ3n) is 5.19. The molecular weight excluding hydrogens is 442 g/mol. The van der Waals surface area contributed by atoms with Crippen molar-refractivity contribution < 1.29 is 8.42 Å². The number of thiazole rings is 1. The van der Waals surface area contributed by atoms with Gasteiger partial charge in [-0.2, -0.15) is 0 Å². The highest BCUT2D eigenvalue weighted by Crippen LogP contribution is 2.22. The van der Waals surface area contributed by atoms with E-state index in [0.29, 0.717) is 21.3 Å². The molecule has 0 amide bonds. The molecule has 10 heteroatoms. The van der Waals surface area contributed by atoms with E-state index in [-0.39, 0.29) is 6.04 Å². The van der Waals surface area contributed by atoms with Crippen molar-refractivity contribution in [3.05, 3.63) is 52.2 Å². The topological polar surface area (TPSA) is 78.4 Å². The number of hydrogen-bond donors (Lipinski definition) is 1. The molecule has 1 N–H and O–H groups in total. The lowest BCUT2D eigenvalue weighted by Gasteiger charge is -2.35. The van der Waals surface area contributed by atoms with Gasteiger partial charge in [-0.3, -0.25) is 14.8 Å². The van der Waals surface area contributed by atoms with Crippen LogP contribution < -0.4 is 4.72 Å². The number of piperazine rings is 1. The predicted octanol–water partition coefficient (Wildman–Crippen LogP) is 2.83. The Labute approximate surface area is 185 Å². The predicted molar refractivity (Wildman–Crippen MR) is 120 cm³/mol. The smallest absolute Gasteiger partial charge is 0.241 e. The molecule has 1 aliphatic rings. The lowest BCUT2D eigenvalue weighted by molar-refractivity contribution is 0.123. The average Bonchev–Trinajstić information content (AvgIpc) is 3.13. The highest BCUT2D eigenvalue weighted by molar-refractivity contribution is 7.89. The first-order valence-corrected chi connectivity index (χ1v) is 12.5. The number of nitrogens with one attached hydrogen (secondary N) is 1. The zero-order chi connectivity index (χ0) is 21.1. The van der Waals surface area contributed by atoms with E-state index in [0.717, 1.165) is 38.1 Å². The summed E-state index contributed by atoms with van der Waals surface area (Å²) in [6, 6.07) is 6.80. The van der Waals surface area contributed by atoms with Crippen LogP contribution >= 0.6 is 22.9 Å². The number of sulfonamides is 1. The summed E-state index contributed by atoms with van der Waals surface area (Å²) in [6.45, 7) is 7.12. The molecule has 2 aromatic heterocycles. The number of rotatable bonds is 7. The summed E-state index contributed by atoms with van der Waals surface area (Å²) in [5.41, 5.74) is 0. The molecule has 4 rings (SSSR count). The van der Waals surface area contributed by atoms with Crippen molar-refractivity contribution >= 4 is 43.7 Å². The van der Waals surface area contributed by atoms with Crippen LogP contribution in [-0.2, 0) is 16.6 Å². The molecule has 1 atom stereocenters. The van der Waals surface area contributed by atoms with Crippen molar-refractivity contribution in [3.63, 3.8) is 0 Å². The normalized spacial score (nSPS) is 17.4. The summed E-state index contributed by atoms with van der Waals surface area (Å²) in [6.07, 6.45) is 5.13. The van der Waals surface area contributed by atoms with Crippen LogP contribution in [0.4, 0.5) is 0 Å². The molecule has 0 spiro atoms. The van der Waals surface area contributed by atoms with Crippen LogP contribution in [0.3, 0.4) is 0 Å². The van der Waals surface area contributed by atoms with Crippen LogP contribution in [-0.4, -0.2) is 67.0 Å². The van der Waals surface area contributed by atoms with E-state index in [1.54, 1.807) is 30.6 Å². The fourth-order valence-electron chi connectivity index (χ4n) is 3.79. The zero-order valence-corrected chi connectivity index (χ0v) is 19.1. The van der Waals surface area contributed by atoms with Crippen molar-refractivity contribution in [2.45, 2.75) is 24.4 Å². The van der Waals surface area contributed by atoms with Crippen molar-refractivity contribution in [2.24, 2.45) is 0 Å². The summed E-state index contributed by atoms with van der Waals surface area (Å²) < 4.78 is 29.4. The second-order valence-electron chi connectivity index (χ2n) is 7.53. The lowest BCUT2D eigenvalue weighted by atomic mass is 10.2. The fourth-order valence-corrected chi connectivity index (χ4v) is 6.27. The van der Waals surface area contributed by atoms with Gasteiger partial charge in [0.25, 0.3) is 0 Å². The molecule has 1 saturated heterocycles. The number of benzene rings is 1. The summed E-state index contributed by atoms with van der Waals surface area (Å²) in [5, 5.41) is 1.50. The van der Waals surface area contributed by atoms with Crippen molar-refractivity contribution in [2.75, 3.05) is 32.7 Å². The summed E-state index contributed by atoms with van der Waals surface area (Å²) in [4.78, 5) is 14.3. The van der Waals surface area contributed by atoms with Gasteiger partial charge in [0.2, 0.25) is 10.0 Å². The maximum Gasteiger partial charge on any atom is 0.241 e. The summed E-state index contributed by atoms with van der Waals surface area (Å²) in [7, 11) is -3.62. The minimum absolute atomic E-state index is 0.195. The Kier molecular flexibility index (Phi) is 6.66. The van der Waals surface area contributed by atoms with E-state index in [1.807, 2.05) is 19.2 Å². The number of hydrogen-bond acceptors (Lipinski definition) is 7. The third-order valence-corrected chi connectivity index (χ3v) is 7.94.